The first kappa shape index (κ1) is 13.3. The van der Waals surface area contributed by atoms with Crippen LogP contribution in [-0.4, -0.2) is 11.1 Å². The lowest BCUT2D eigenvalue weighted by atomic mass is 10.1. The number of carbonyl (C=O) groups excluding carboxylic acids is 1. The minimum atomic E-state index is -0.333. The molecule has 1 amide bonds. The van der Waals surface area contributed by atoms with E-state index in [1.807, 2.05) is 6.92 Å². The zero-order valence-electron chi connectivity index (χ0n) is 10.9. The zero-order chi connectivity index (χ0) is 13.8. The molecule has 0 bridgehead atoms. The summed E-state index contributed by atoms with van der Waals surface area (Å²) in [5, 5.41) is 6.50. The Bertz CT molecular complexity index is 593. The summed E-state index contributed by atoms with van der Waals surface area (Å²) in [6.07, 6.45) is 0.611. The molecule has 0 radical (unpaired) electrons. The maximum atomic E-state index is 13.4. The van der Waals surface area contributed by atoms with E-state index in [-0.39, 0.29) is 18.3 Å². The summed E-state index contributed by atoms with van der Waals surface area (Å²) in [4.78, 5) is 12.1. The lowest BCUT2D eigenvalue weighted by Gasteiger charge is -2.06. The second-order valence-electron chi connectivity index (χ2n) is 4.19. The molecule has 0 aliphatic carbocycles. The van der Waals surface area contributed by atoms with Crippen molar-refractivity contribution in [2.45, 2.75) is 26.8 Å². The van der Waals surface area contributed by atoms with E-state index in [1.54, 1.807) is 25.1 Å². The molecule has 0 spiro atoms. The fourth-order valence-electron chi connectivity index (χ4n) is 1.86. The van der Waals surface area contributed by atoms with E-state index >= 15 is 0 Å². The van der Waals surface area contributed by atoms with E-state index in [2.05, 4.69) is 10.5 Å². The molecule has 100 valence electrons. The quantitative estimate of drug-likeness (QED) is 0.921. The third-order valence-electron chi connectivity index (χ3n) is 2.89. The first-order chi connectivity index (χ1) is 9.13. The number of halogens is 1. The highest BCUT2D eigenvalue weighted by molar-refractivity contribution is 5.96. The summed E-state index contributed by atoms with van der Waals surface area (Å²) in [5.74, 6) is -0.151. The van der Waals surface area contributed by atoms with Crippen molar-refractivity contribution in [3.63, 3.8) is 0 Å². The minimum absolute atomic E-state index is 0.138. The first-order valence-corrected chi connectivity index (χ1v) is 6.10. The Hall–Kier alpha value is -2.17. The number of carbonyl (C=O) groups is 1. The van der Waals surface area contributed by atoms with Crippen LogP contribution in [-0.2, 0) is 13.0 Å². The van der Waals surface area contributed by atoms with Gasteiger partial charge in [0.15, 0.2) is 0 Å². The smallest absolute Gasteiger partial charge is 0.257 e. The number of hydrogen-bond donors (Lipinski definition) is 1. The molecule has 2 rings (SSSR count). The van der Waals surface area contributed by atoms with Crippen molar-refractivity contribution in [1.82, 2.24) is 10.5 Å². The Morgan fingerprint density at radius 2 is 2.16 bits per heavy atom. The standard InChI is InChI=1S/C14H15FN2O2/c1-3-12-13(9(2)19-17-12)14(18)16-8-10-6-4-5-7-11(10)15/h4-7H,3,8H2,1-2H3,(H,16,18). The van der Waals surface area contributed by atoms with Gasteiger partial charge in [-0.2, -0.15) is 0 Å². The molecule has 1 N–H and O–H groups in total. The van der Waals surface area contributed by atoms with E-state index in [1.165, 1.54) is 6.07 Å². The summed E-state index contributed by atoms with van der Waals surface area (Å²) in [5.41, 5.74) is 1.50. The normalized spacial score (nSPS) is 10.5. The van der Waals surface area contributed by atoms with Crippen LogP contribution in [0.2, 0.25) is 0 Å². The third-order valence-corrected chi connectivity index (χ3v) is 2.89. The van der Waals surface area contributed by atoms with E-state index in [4.69, 9.17) is 4.52 Å². The maximum Gasteiger partial charge on any atom is 0.257 e. The minimum Gasteiger partial charge on any atom is -0.361 e. The number of aromatic nitrogens is 1. The molecule has 1 aromatic carbocycles. The van der Waals surface area contributed by atoms with Gasteiger partial charge in [0, 0.05) is 12.1 Å². The van der Waals surface area contributed by atoms with Crippen molar-refractivity contribution in [2.24, 2.45) is 0 Å². The summed E-state index contributed by atoms with van der Waals surface area (Å²) in [6, 6.07) is 6.34. The highest BCUT2D eigenvalue weighted by Gasteiger charge is 2.18. The molecule has 0 unspecified atom stereocenters. The summed E-state index contributed by atoms with van der Waals surface area (Å²) in [6.45, 7) is 3.72. The Morgan fingerprint density at radius 1 is 1.42 bits per heavy atom. The van der Waals surface area contributed by atoms with Gasteiger partial charge in [0.2, 0.25) is 0 Å². The highest BCUT2D eigenvalue weighted by atomic mass is 19.1. The van der Waals surface area contributed by atoms with Crippen molar-refractivity contribution in [3.05, 3.63) is 52.7 Å². The second kappa shape index (κ2) is 5.65. The summed E-state index contributed by atoms with van der Waals surface area (Å²) < 4.78 is 18.4. The van der Waals surface area contributed by atoms with Gasteiger partial charge in [-0.3, -0.25) is 4.79 Å². The largest absolute Gasteiger partial charge is 0.361 e. The first-order valence-electron chi connectivity index (χ1n) is 6.10. The molecule has 0 saturated carbocycles. The Balaban J connectivity index is 2.10. The van der Waals surface area contributed by atoms with Crippen molar-refractivity contribution in [2.75, 3.05) is 0 Å². The maximum absolute atomic E-state index is 13.4. The van der Waals surface area contributed by atoms with Crippen LogP contribution in [0.3, 0.4) is 0 Å². The van der Waals surface area contributed by atoms with Crippen LogP contribution in [0.1, 0.15) is 34.3 Å². The third kappa shape index (κ3) is 2.81. The molecule has 0 fully saturated rings. The van der Waals surface area contributed by atoms with Gasteiger partial charge in [0.05, 0.1) is 5.69 Å². The SMILES string of the molecule is CCc1noc(C)c1C(=O)NCc1ccccc1F. The number of nitrogens with one attached hydrogen (secondary N) is 1. The van der Waals surface area contributed by atoms with Gasteiger partial charge in [-0.15, -0.1) is 0 Å². The average Bonchev–Trinajstić information content (AvgIpc) is 2.78. The molecule has 4 nitrogen and oxygen atoms in total. The molecule has 1 aromatic heterocycles. The topological polar surface area (TPSA) is 55.1 Å². The predicted octanol–water partition coefficient (Wildman–Crippen LogP) is 2.61. The fraction of sp³-hybridized carbons (Fsp3) is 0.286. The molecule has 0 atom stereocenters. The molecular weight excluding hydrogens is 247 g/mol. The zero-order valence-corrected chi connectivity index (χ0v) is 10.9. The average molecular weight is 262 g/mol. The van der Waals surface area contributed by atoms with Gasteiger partial charge in [0.1, 0.15) is 17.1 Å². The van der Waals surface area contributed by atoms with Crippen LogP contribution in [0.4, 0.5) is 4.39 Å². The van der Waals surface area contributed by atoms with Crippen molar-refractivity contribution >= 4 is 5.91 Å². The number of rotatable bonds is 4. The van der Waals surface area contributed by atoms with E-state index in [9.17, 15) is 9.18 Å². The lowest BCUT2D eigenvalue weighted by Crippen LogP contribution is -2.24. The van der Waals surface area contributed by atoms with Gasteiger partial charge in [-0.25, -0.2) is 4.39 Å². The summed E-state index contributed by atoms with van der Waals surface area (Å²) in [7, 11) is 0. The molecule has 0 saturated heterocycles. The van der Waals surface area contributed by atoms with Crippen molar-refractivity contribution < 1.29 is 13.7 Å². The second-order valence-corrected chi connectivity index (χ2v) is 4.19. The number of benzene rings is 1. The Labute approximate surface area is 110 Å². The van der Waals surface area contributed by atoms with Crippen LogP contribution in [0.5, 0.6) is 0 Å². The Kier molecular flexibility index (Phi) is 3.94. The molecule has 1 heterocycles. The van der Waals surface area contributed by atoms with Gasteiger partial charge < -0.3 is 9.84 Å². The van der Waals surface area contributed by atoms with E-state index in [0.29, 0.717) is 29.0 Å². The number of aryl methyl sites for hydroxylation is 2. The highest BCUT2D eigenvalue weighted by Crippen LogP contribution is 2.14. The summed E-state index contributed by atoms with van der Waals surface area (Å²) >= 11 is 0. The van der Waals surface area contributed by atoms with Gasteiger partial charge in [-0.1, -0.05) is 30.3 Å². The monoisotopic (exact) mass is 262 g/mol. The van der Waals surface area contributed by atoms with Crippen molar-refractivity contribution in [3.8, 4) is 0 Å². The van der Waals surface area contributed by atoms with Crippen LogP contribution in [0.25, 0.3) is 0 Å². The molecule has 2 aromatic rings. The van der Waals surface area contributed by atoms with Crippen LogP contribution < -0.4 is 5.32 Å². The van der Waals surface area contributed by atoms with Gasteiger partial charge in [0.25, 0.3) is 5.91 Å². The van der Waals surface area contributed by atoms with Gasteiger partial charge in [-0.05, 0) is 19.4 Å². The van der Waals surface area contributed by atoms with Gasteiger partial charge >= 0.3 is 0 Å². The van der Waals surface area contributed by atoms with Crippen molar-refractivity contribution in [1.29, 1.82) is 0 Å². The van der Waals surface area contributed by atoms with Crippen LogP contribution >= 0.6 is 0 Å². The van der Waals surface area contributed by atoms with Crippen LogP contribution in [0, 0.1) is 12.7 Å². The van der Waals surface area contributed by atoms with E-state index < -0.39 is 0 Å². The van der Waals surface area contributed by atoms with E-state index in [0.717, 1.165) is 0 Å². The molecule has 0 aliphatic heterocycles. The molecule has 0 aliphatic rings. The Morgan fingerprint density at radius 3 is 2.84 bits per heavy atom. The fourth-order valence-corrected chi connectivity index (χ4v) is 1.86. The molecule has 19 heavy (non-hydrogen) atoms. The number of amides is 1. The number of nitrogens with zero attached hydrogens (tertiary/aromatic N) is 1. The lowest BCUT2D eigenvalue weighted by molar-refractivity contribution is 0.0948. The van der Waals surface area contributed by atoms with Crippen LogP contribution in [0.15, 0.2) is 28.8 Å². The number of hydrogen-bond acceptors (Lipinski definition) is 3. The molecular formula is C14H15FN2O2. The predicted molar refractivity (Wildman–Crippen MR) is 68.2 cm³/mol. The molecule has 5 heteroatoms.